The number of nitrogens with zero attached hydrogens (tertiary/aromatic N) is 1. The predicted octanol–water partition coefficient (Wildman–Crippen LogP) is 2.63. The van der Waals surface area contributed by atoms with Crippen LogP contribution in [0.4, 0.5) is 17.6 Å². The molecule has 15 heavy (non-hydrogen) atoms. The molecule has 1 rings (SSSR count). The Bertz CT molecular complexity index is 400. The third-order valence-corrected chi connectivity index (χ3v) is 1.61. The molecule has 2 nitrogen and oxygen atoms in total. The van der Waals surface area contributed by atoms with Crippen LogP contribution in [0.1, 0.15) is 5.56 Å². The van der Waals surface area contributed by atoms with E-state index in [1.807, 2.05) is 0 Å². The Morgan fingerprint density at radius 2 is 1.93 bits per heavy atom. The van der Waals surface area contributed by atoms with Crippen LogP contribution in [0.25, 0.3) is 0 Å². The van der Waals surface area contributed by atoms with E-state index in [0.717, 1.165) is 12.1 Å². The molecule has 0 saturated heterocycles. The molecule has 0 bridgehead atoms. The van der Waals surface area contributed by atoms with Gasteiger partial charge in [-0.2, -0.15) is 18.4 Å². The molecule has 0 aliphatic carbocycles. The molecule has 0 aliphatic heterocycles. The molecule has 0 heterocycles. The fourth-order valence-corrected chi connectivity index (χ4v) is 0.980. The molecule has 0 N–H and O–H groups in total. The van der Waals surface area contributed by atoms with Crippen molar-refractivity contribution < 1.29 is 22.3 Å². The van der Waals surface area contributed by atoms with Gasteiger partial charge in [-0.15, -0.1) is 0 Å². The Morgan fingerprint density at radius 1 is 1.27 bits per heavy atom. The first-order chi connectivity index (χ1) is 7.06. The van der Waals surface area contributed by atoms with E-state index in [9.17, 15) is 17.6 Å². The fraction of sp³-hybridized carbons (Fsp3) is 0.222. The minimum atomic E-state index is -3.22. The monoisotopic (exact) mass is 219 g/mol. The molecular formula is C9H5F4NO. The lowest BCUT2D eigenvalue weighted by Gasteiger charge is -2.07. The Kier molecular flexibility index (Phi) is 3.50. The van der Waals surface area contributed by atoms with Gasteiger partial charge in [-0.05, 0) is 6.07 Å². The van der Waals surface area contributed by atoms with Crippen molar-refractivity contribution in [2.75, 3.05) is 0 Å². The molecule has 0 amide bonds. The second kappa shape index (κ2) is 4.64. The summed E-state index contributed by atoms with van der Waals surface area (Å²) in [5.41, 5.74) is -0.198. The van der Waals surface area contributed by atoms with Crippen molar-refractivity contribution in [2.24, 2.45) is 0 Å². The summed E-state index contributed by atoms with van der Waals surface area (Å²) in [6, 6.07) is 3.50. The SMILES string of the molecule is N#CCc1ccc(OC(F)F)c(F)c1F. The second-order valence-corrected chi connectivity index (χ2v) is 2.56. The van der Waals surface area contributed by atoms with Gasteiger partial charge in [0.25, 0.3) is 0 Å². The van der Waals surface area contributed by atoms with Crippen LogP contribution in [0.5, 0.6) is 5.75 Å². The molecule has 0 fully saturated rings. The summed E-state index contributed by atoms with van der Waals surface area (Å²) < 4.78 is 53.2. The highest BCUT2D eigenvalue weighted by atomic mass is 19.3. The van der Waals surface area contributed by atoms with Crippen LogP contribution in [0.3, 0.4) is 0 Å². The Balaban J connectivity index is 3.05. The summed E-state index contributed by atoms with van der Waals surface area (Å²) in [4.78, 5) is 0. The first-order valence-corrected chi connectivity index (χ1v) is 3.85. The molecule has 0 saturated carbocycles. The molecule has 1 aromatic carbocycles. The normalized spacial score (nSPS) is 10.1. The van der Waals surface area contributed by atoms with Crippen LogP contribution in [-0.4, -0.2) is 6.61 Å². The summed E-state index contributed by atoms with van der Waals surface area (Å²) in [5, 5.41) is 8.26. The van der Waals surface area contributed by atoms with Gasteiger partial charge in [0, 0.05) is 5.56 Å². The largest absolute Gasteiger partial charge is 0.432 e. The van der Waals surface area contributed by atoms with Gasteiger partial charge in [-0.3, -0.25) is 0 Å². The topological polar surface area (TPSA) is 33.0 Å². The lowest BCUT2D eigenvalue weighted by Crippen LogP contribution is -2.05. The summed E-state index contributed by atoms with van der Waals surface area (Å²) >= 11 is 0. The zero-order valence-electron chi connectivity index (χ0n) is 7.31. The predicted molar refractivity (Wildman–Crippen MR) is 42.3 cm³/mol. The van der Waals surface area contributed by atoms with E-state index >= 15 is 0 Å². The third kappa shape index (κ3) is 2.59. The maximum absolute atomic E-state index is 13.0. The van der Waals surface area contributed by atoms with E-state index in [2.05, 4.69) is 4.74 Å². The van der Waals surface area contributed by atoms with Gasteiger partial charge in [-0.25, -0.2) is 4.39 Å². The van der Waals surface area contributed by atoms with Crippen molar-refractivity contribution in [3.63, 3.8) is 0 Å². The number of halogens is 4. The van der Waals surface area contributed by atoms with Gasteiger partial charge >= 0.3 is 6.61 Å². The van der Waals surface area contributed by atoms with Crippen molar-refractivity contribution in [1.82, 2.24) is 0 Å². The Morgan fingerprint density at radius 3 is 2.47 bits per heavy atom. The number of rotatable bonds is 3. The van der Waals surface area contributed by atoms with Crippen LogP contribution in [0.15, 0.2) is 12.1 Å². The van der Waals surface area contributed by atoms with Gasteiger partial charge in [0.2, 0.25) is 5.82 Å². The third-order valence-electron chi connectivity index (χ3n) is 1.61. The van der Waals surface area contributed by atoms with Gasteiger partial charge in [0.1, 0.15) is 0 Å². The van der Waals surface area contributed by atoms with E-state index in [-0.39, 0.29) is 12.0 Å². The van der Waals surface area contributed by atoms with Crippen molar-refractivity contribution in [2.45, 2.75) is 13.0 Å². The van der Waals surface area contributed by atoms with Crippen LogP contribution >= 0.6 is 0 Å². The summed E-state index contributed by atoms with van der Waals surface area (Å²) in [5.74, 6) is -3.72. The summed E-state index contributed by atoms with van der Waals surface area (Å²) in [6.45, 7) is -3.22. The molecule has 1 aromatic rings. The molecule has 80 valence electrons. The molecule has 0 spiro atoms. The highest BCUT2D eigenvalue weighted by molar-refractivity contribution is 5.32. The molecule has 0 aliphatic rings. The number of nitriles is 1. The van der Waals surface area contributed by atoms with Crippen molar-refractivity contribution in [3.8, 4) is 11.8 Å². The number of benzene rings is 1. The summed E-state index contributed by atoms with van der Waals surface area (Å²) in [6.07, 6.45) is -0.336. The quantitative estimate of drug-likeness (QED) is 0.732. The lowest BCUT2D eigenvalue weighted by atomic mass is 10.1. The van der Waals surface area contributed by atoms with Crippen LogP contribution in [0.2, 0.25) is 0 Å². The number of hydrogen-bond donors (Lipinski definition) is 0. The van der Waals surface area contributed by atoms with E-state index in [1.165, 1.54) is 0 Å². The average molecular weight is 219 g/mol. The first-order valence-electron chi connectivity index (χ1n) is 3.85. The molecule has 0 unspecified atom stereocenters. The smallest absolute Gasteiger partial charge is 0.387 e. The van der Waals surface area contributed by atoms with Gasteiger partial charge in [0.05, 0.1) is 12.5 Å². The Hall–Kier alpha value is -1.77. The minimum absolute atomic E-state index is 0.198. The van der Waals surface area contributed by atoms with E-state index < -0.39 is 24.0 Å². The van der Waals surface area contributed by atoms with E-state index in [1.54, 1.807) is 6.07 Å². The van der Waals surface area contributed by atoms with Crippen LogP contribution in [0, 0.1) is 23.0 Å². The standard InChI is InChI=1S/C9H5F4NO/c10-7-5(3-4-14)1-2-6(8(7)11)15-9(12)13/h1-2,9H,3H2. The van der Waals surface area contributed by atoms with Crippen LogP contribution < -0.4 is 4.74 Å². The highest BCUT2D eigenvalue weighted by Crippen LogP contribution is 2.24. The molecule has 0 radical (unpaired) electrons. The first kappa shape index (κ1) is 11.3. The van der Waals surface area contributed by atoms with Gasteiger partial charge in [0.15, 0.2) is 11.6 Å². The average Bonchev–Trinajstić information content (AvgIpc) is 2.17. The number of hydrogen-bond acceptors (Lipinski definition) is 2. The van der Waals surface area contributed by atoms with Gasteiger partial charge < -0.3 is 4.74 Å². The number of alkyl halides is 2. The fourth-order valence-electron chi connectivity index (χ4n) is 0.980. The molecule has 0 atom stereocenters. The number of ether oxygens (including phenoxy) is 1. The van der Waals surface area contributed by atoms with Crippen LogP contribution in [-0.2, 0) is 6.42 Å². The van der Waals surface area contributed by atoms with Crippen molar-refractivity contribution in [3.05, 3.63) is 29.3 Å². The molecular weight excluding hydrogens is 214 g/mol. The maximum Gasteiger partial charge on any atom is 0.387 e. The Labute approximate surface area is 82.7 Å². The lowest BCUT2D eigenvalue weighted by molar-refractivity contribution is -0.0525. The van der Waals surface area contributed by atoms with Crippen molar-refractivity contribution >= 4 is 0 Å². The van der Waals surface area contributed by atoms with E-state index in [4.69, 9.17) is 5.26 Å². The zero-order valence-corrected chi connectivity index (χ0v) is 7.31. The zero-order chi connectivity index (χ0) is 11.4. The van der Waals surface area contributed by atoms with E-state index in [0.29, 0.717) is 0 Å². The highest BCUT2D eigenvalue weighted by Gasteiger charge is 2.16. The minimum Gasteiger partial charge on any atom is -0.432 e. The van der Waals surface area contributed by atoms with Gasteiger partial charge in [-0.1, -0.05) is 6.07 Å². The second-order valence-electron chi connectivity index (χ2n) is 2.56. The maximum atomic E-state index is 13.0. The molecule has 6 heteroatoms. The van der Waals surface area contributed by atoms with Crippen molar-refractivity contribution in [1.29, 1.82) is 5.26 Å². The summed E-state index contributed by atoms with van der Waals surface area (Å²) in [7, 11) is 0. The molecule has 0 aromatic heterocycles.